The average Bonchev–Trinajstić information content (AvgIpc) is 3.38. The molecule has 1 amide bonds. The highest BCUT2D eigenvalue weighted by atomic mass is 32.1. The Labute approximate surface area is 163 Å². The van der Waals surface area contributed by atoms with E-state index < -0.39 is 0 Å². The lowest BCUT2D eigenvalue weighted by Crippen LogP contribution is -2.39. The second-order valence-electron chi connectivity index (χ2n) is 6.85. The third-order valence-corrected chi connectivity index (χ3v) is 6.08. The van der Waals surface area contributed by atoms with E-state index in [4.69, 9.17) is 4.74 Å². The first-order valence-corrected chi connectivity index (χ1v) is 10.0. The fraction of sp³-hybridized carbons (Fsp3) is 0.333. The number of H-pyrrole nitrogens is 1. The van der Waals surface area contributed by atoms with Crippen LogP contribution < -0.4 is 0 Å². The third-order valence-electron chi connectivity index (χ3n) is 5.03. The lowest BCUT2D eigenvalue weighted by Gasteiger charge is -2.32. The van der Waals surface area contributed by atoms with Crippen LogP contribution in [0.15, 0.2) is 48.7 Å². The average molecular weight is 382 g/mol. The van der Waals surface area contributed by atoms with Crippen LogP contribution in [0.3, 0.4) is 0 Å². The van der Waals surface area contributed by atoms with Gasteiger partial charge in [-0.2, -0.15) is 5.10 Å². The standard InChI is InChI=1S/C21H23N3O2S/c1-26-14-17-9-10-19(27-17)21(25)24-11-5-8-16(13-24)20-18(12-22-23-20)15-6-3-2-4-7-15/h2-4,6-7,9-10,12,16H,5,8,11,13-14H2,1H3,(H,22,23)/t16-/m1/s1. The summed E-state index contributed by atoms with van der Waals surface area (Å²) in [6.45, 7) is 2.08. The Kier molecular flexibility index (Phi) is 5.36. The summed E-state index contributed by atoms with van der Waals surface area (Å²) in [5, 5.41) is 7.48. The summed E-state index contributed by atoms with van der Waals surface area (Å²) < 4.78 is 5.16. The molecule has 140 valence electrons. The van der Waals surface area contributed by atoms with E-state index >= 15 is 0 Å². The zero-order chi connectivity index (χ0) is 18.6. The van der Waals surface area contributed by atoms with Gasteiger partial charge in [-0.3, -0.25) is 9.89 Å². The normalized spacial score (nSPS) is 17.2. The number of benzene rings is 1. The molecular weight excluding hydrogens is 358 g/mol. The number of methoxy groups -OCH3 is 1. The maximum absolute atomic E-state index is 13.0. The fourth-order valence-corrected chi connectivity index (χ4v) is 4.67. The van der Waals surface area contributed by atoms with Crippen molar-refractivity contribution in [2.45, 2.75) is 25.4 Å². The molecule has 6 heteroatoms. The van der Waals surface area contributed by atoms with Gasteiger partial charge in [-0.1, -0.05) is 30.3 Å². The molecule has 1 aromatic carbocycles. The van der Waals surface area contributed by atoms with Gasteiger partial charge >= 0.3 is 0 Å². The predicted molar refractivity (Wildman–Crippen MR) is 107 cm³/mol. The molecule has 0 bridgehead atoms. The van der Waals surface area contributed by atoms with Crippen LogP contribution in [0.4, 0.5) is 0 Å². The molecule has 1 aliphatic rings. The summed E-state index contributed by atoms with van der Waals surface area (Å²) in [6.07, 6.45) is 3.95. The molecule has 0 spiro atoms. The van der Waals surface area contributed by atoms with E-state index in [-0.39, 0.29) is 11.8 Å². The number of carbonyl (C=O) groups excluding carboxylic acids is 1. The second-order valence-corrected chi connectivity index (χ2v) is 8.02. The van der Waals surface area contributed by atoms with E-state index in [0.29, 0.717) is 6.61 Å². The van der Waals surface area contributed by atoms with Crippen LogP contribution in [0.1, 0.15) is 39.0 Å². The molecule has 0 radical (unpaired) electrons. The number of hydrogen-bond acceptors (Lipinski definition) is 4. The topological polar surface area (TPSA) is 58.2 Å². The van der Waals surface area contributed by atoms with Gasteiger partial charge in [0.15, 0.2) is 0 Å². The van der Waals surface area contributed by atoms with Crippen molar-refractivity contribution in [1.82, 2.24) is 15.1 Å². The Balaban J connectivity index is 1.52. The van der Waals surface area contributed by atoms with E-state index in [0.717, 1.165) is 52.5 Å². The van der Waals surface area contributed by atoms with Crippen LogP contribution in [0.25, 0.3) is 11.1 Å². The fourth-order valence-electron chi connectivity index (χ4n) is 3.72. The Morgan fingerprint density at radius 2 is 2.15 bits per heavy atom. The van der Waals surface area contributed by atoms with Gasteiger partial charge in [0.05, 0.1) is 17.7 Å². The lowest BCUT2D eigenvalue weighted by molar-refractivity contribution is 0.0711. The number of likely N-dealkylation sites (tertiary alicyclic amines) is 1. The molecule has 1 aliphatic heterocycles. The van der Waals surface area contributed by atoms with E-state index in [1.54, 1.807) is 7.11 Å². The molecule has 5 nitrogen and oxygen atoms in total. The summed E-state index contributed by atoms with van der Waals surface area (Å²) >= 11 is 1.52. The summed E-state index contributed by atoms with van der Waals surface area (Å²) in [7, 11) is 1.67. The van der Waals surface area contributed by atoms with Crippen molar-refractivity contribution in [3.05, 3.63) is 64.1 Å². The molecule has 4 rings (SSSR count). The molecule has 3 aromatic rings. The first kappa shape index (κ1) is 17.9. The number of nitrogens with one attached hydrogen (secondary N) is 1. The van der Waals surface area contributed by atoms with E-state index in [2.05, 4.69) is 22.3 Å². The van der Waals surface area contributed by atoms with Crippen molar-refractivity contribution in [2.24, 2.45) is 0 Å². The number of piperidine rings is 1. The number of hydrogen-bond donors (Lipinski definition) is 1. The van der Waals surface area contributed by atoms with Gasteiger partial charge in [0.2, 0.25) is 0 Å². The highest BCUT2D eigenvalue weighted by molar-refractivity contribution is 7.14. The molecule has 2 aromatic heterocycles. The number of aromatic nitrogens is 2. The van der Waals surface area contributed by atoms with Crippen LogP contribution in [-0.2, 0) is 11.3 Å². The maximum atomic E-state index is 13.0. The zero-order valence-corrected chi connectivity index (χ0v) is 16.2. The molecule has 1 atom stereocenters. The SMILES string of the molecule is COCc1ccc(C(=O)N2CCC[C@@H](c3[nH]ncc3-c3ccccc3)C2)s1. The van der Waals surface area contributed by atoms with Crippen molar-refractivity contribution < 1.29 is 9.53 Å². The Hall–Kier alpha value is -2.44. The Morgan fingerprint density at radius 3 is 2.96 bits per heavy atom. The smallest absolute Gasteiger partial charge is 0.263 e. The number of amides is 1. The minimum Gasteiger partial charge on any atom is -0.379 e. The summed E-state index contributed by atoms with van der Waals surface area (Å²) in [5.41, 5.74) is 3.42. The van der Waals surface area contributed by atoms with Crippen molar-refractivity contribution in [2.75, 3.05) is 20.2 Å². The lowest BCUT2D eigenvalue weighted by atomic mass is 9.90. The number of rotatable bonds is 5. The Morgan fingerprint density at radius 1 is 1.30 bits per heavy atom. The predicted octanol–water partition coefficient (Wildman–Crippen LogP) is 4.30. The van der Waals surface area contributed by atoms with Crippen molar-refractivity contribution >= 4 is 17.2 Å². The summed E-state index contributed by atoms with van der Waals surface area (Å²) in [4.78, 5) is 16.8. The number of nitrogens with zero attached hydrogens (tertiary/aromatic N) is 2. The van der Waals surface area contributed by atoms with Crippen LogP contribution in [0.2, 0.25) is 0 Å². The third kappa shape index (κ3) is 3.82. The van der Waals surface area contributed by atoms with Crippen LogP contribution in [0, 0.1) is 0 Å². The van der Waals surface area contributed by atoms with Gasteiger partial charge in [-0.15, -0.1) is 11.3 Å². The van der Waals surface area contributed by atoms with Crippen molar-refractivity contribution in [3.8, 4) is 11.1 Å². The van der Waals surface area contributed by atoms with Crippen molar-refractivity contribution in [3.63, 3.8) is 0 Å². The van der Waals surface area contributed by atoms with E-state index in [9.17, 15) is 4.79 Å². The van der Waals surface area contributed by atoms with E-state index in [1.165, 1.54) is 11.3 Å². The largest absolute Gasteiger partial charge is 0.379 e. The number of carbonyl (C=O) groups is 1. The molecule has 0 saturated carbocycles. The van der Waals surface area contributed by atoms with E-state index in [1.807, 2.05) is 41.4 Å². The molecule has 1 saturated heterocycles. The van der Waals surface area contributed by atoms with Gasteiger partial charge in [0, 0.05) is 42.3 Å². The van der Waals surface area contributed by atoms with Crippen LogP contribution in [0.5, 0.6) is 0 Å². The highest BCUT2D eigenvalue weighted by Crippen LogP contribution is 2.33. The highest BCUT2D eigenvalue weighted by Gasteiger charge is 2.28. The molecule has 1 fully saturated rings. The zero-order valence-electron chi connectivity index (χ0n) is 15.4. The van der Waals surface area contributed by atoms with Gasteiger partial charge in [0.1, 0.15) is 0 Å². The second kappa shape index (κ2) is 8.06. The van der Waals surface area contributed by atoms with Gasteiger partial charge in [-0.05, 0) is 30.5 Å². The minimum atomic E-state index is 0.118. The van der Waals surface area contributed by atoms with Crippen molar-refractivity contribution in [1.29, 1.82) is 0 Å². The number of aromatic amines is 1. The summed E-state index contributed by atoms with van der Waals surface area (Å²) in [5.74, 6) is 0.395. The molecule has 3 heterocycles. The van der Waals surface area contributed by atoms with Gasteiger partial charge in [-0.25, -0.2) is 0 Å². The minimum absolute atomic E-state index is 0.118. The Bertz CT molecular complexity index is 903. The quantitative estimate of drug-likeness (QED) is 0.717. The molecule has 0 aliphatic carbocycles. The monoisotopic (exact) mass is 381 g/mol. The maximum Gasteiger partial charge on any atom is 0.263 e. The van der Waals surface area contributed by atoms with Gasteiger partial charge < -0.3 is 9.64 Å². The van der Waals surface area contributed by atoms with Crippen LogP contribution >= 0.6 is 11.3 Å². The molecule has 27 heavy (non-hydrogen) atoms. The summed E-state index contributed by atoms with van der Waals surface area (Å²) in [6, 6.07) is 14.2. The molecule has 1 N–H and O–H groups in total. The first-order chi connectivity index (χ1) is 13.3. The first-order valence-electron chi connectivity index (χ1n) is 9.22. The molecular formula is C21H23N3O2S. The van der Waals surface area contributed by atoms with Gasteiger partial charge in [0.25, 0.3) is 5.91 Å². The number of thiophene rings is 1. The molecule has 0 unspecified atom stereocenters. The van der Waals surface area contributed by atoms with Crippen LogP contribution in [-0.4, -0.2) is 41.2 Å². The number of ether oxygens (including phenoxy) is 1.